The minimum Gasteiger partial charge on any atom is -0.507 e. The molecule has 1 amide bonds. The molecule has 0 radical (unpaired) electrons. The van der Waals surface area contributed by atoms with Crippen LogP contribution in [0.15, 0.2) is 66.2 Å². The van der Waals surface area contributed by atoms with Gasteiger partial charge in [-0.3, -0.25) is 14.5 Å². The first kappa shape index (κ1) is 26.5. The summed E-state index contributed by atoms with van der Waals surface area (Å²) in [6.07, 6.45) is 0.669. The van der Waals surface area contributed by atoms with Crippen LogP contribution in [-0.4, -0.2) is 47.6 Å². The first-order valence-electron chi connectivity index (χ1n) is 13.1. The lowest BCUT2D eigenvalue weighted by Crippen LogP contribution is -2.29. The average molecular weight is 571 g/mol. The minimum absolute atomic E-state index is 0.00331. The Kier molecular flexibility index (Phi) is 6.70. The molecule has 0 spiro atoms. The second-order valence-electron chi connectivity index (χ2n) is 9.80. The Morgan fingerprint density at radius 2 is 1.85 bits per heavy atom. The van der Waals surface area contributed by atoms with Crippen LogP contribution in [0.1, 0.15) is 46.9 Å². The number of esters is 1. The molecule has 2 aliphatic heterocycles. The van der Waals surface area contributed by atoms with E-state index in [1.807, 2.05) is 19.9 Å². The van der Waals surface area contributed by atoms with Gasteiger partial charge >= 0.3 is 11.9 Å². The number of ether oxygens (including phenoxy) is 3. The van der Waals surface area contributed by atoms with E-state index in [-0.39, 0.29) is 17.4 Å². The predicted molar refractivity (Wildman–Crippen MR) is 154 cm³/mol. The van der Waals surface area contributed by atoms with Gasteiger partial charge in [0.05, 0.1) is 41.1 Å². The van der Waals surface area contributed by atoms with Gasteiger partial charge in [0, 0.05) is 12.0 Å². The third kappa shape index (κ3) is 4.59. The van der Waals surface area contributed by atoms with Crippen LogP contribution in [0.5, 0.6) is 11.5 Å². The number of anilines is 1. The van der Waals surface area contributed by atoms with Crippen LogP contribution in [-0.2, 0) is 20.7 Å². The van der Waals surface area contributed by atoms with Crippen LogP contribution in [0.25, 0.3) is 16.0 Å². The third-order valence-corrected chi connectivity index (χ3v) is 8.14. The minimum atomic E-state index is -0.989. The van der Waals surface area contributed by atoms with Crippen LogP contribution in [0.2, 0.25) is 0 Å². The molecule has 10 heteroatoms. The fourth-order valence-electron chi connectivity index (χ4n) is 5.24. The lowest BCUT2D eigenvalue weighted by atomic mass is 9.94. The van der Waals surface area contributed by atoms with E-state index in [0.717, 1.165) is 16.0 Å². The van der Waals surface area contributed by atoms with E-state index in [4.69, 9.17) is 14.2 Å². The highest BCUT2D eigenvalue weighted by molar-refractivity contribution is 7.22. The van der Waals surface area contributed by atoms with E-state index in [2.05, 4.69) is 4.98 Å². The van der Waals surface area contributed by atoms with Crippen molar-refractivity contribution in [2.45, 2.75) is 32.4 Å². The Labute approximate surface area is 239 Å². The van der Waals surface area contributed by atoms with Crippen molar-refractivity contribution in [2.75, 3.05) is 18.6 Å². The summed E-state index contributed by atoms with van der Waals surface area (Å²) in [5, 5.41) is 11.8. The van der Waals surface area contributed by atoms with Gasteiger partial charge < -0.3 is 19.3 Å². The number of thiazole rings is 1. The van der Waals surface area contributed by atoms with Gasteiger partial charge in [-0.15, -0.1) is 0 Å². The Morgan fingerprint density at radius 1 is 1.10 bits per heavy atom. The summed E-state index contributed by atoms with van der Waals surface area (Å²) in [7, 11) is 1.29. The monoisotopic (exact) mass is 570 g/mol. The molecule has 9 nitrogen and oxygen atoms in total. The number of nitrogens with zero attached hydrogens (tertiary/aromatic N) is 2. The molecule has 208 valence electrons. The first-order valence-corrected chi connectivity index (χ1v) is 13.9. The summed E-state index contributed by atoms with van der Waals surface area (Å²) < 4.78 is 17.0. The van der Waals surface area contributed by atoms with E-state index in [9.17, 15) is 19.5 Å². The molecule has 0 aliphatic carbocycles. The van der Waals surface area contributed by atoms with Gasteiger partial charge in [0.25, 0.3) is 5.78 Å². The average Bonchev–Trinajstić information content (AvgIpc) is 3.64. The van der Waals surface area contributed by atoms with Crippen molar-refractivity contribution < 1.29 is 33.7 Å². The van der Waals surface area contributed by atoms with Crippen molar-refractivity contribution in [1.82, 2.24) is 4.98 Å². The standard InChI is InChI=1S/C31H26N2O7S/c1-4-39-21-10-11-22-24(15-21)41-31(32-22)33-26(17-5-7-18(8-6-17)30(37)38-3)25(28(35)29(33)36)27(34)19-9-12-23-20(14-19)13-16(2)40-23/h5-12,14-16,26,34H,4,13H2,1-3H3/b27-25+/t16-,26+/m1/s1. The zero-order valence-corrected chi connectivity index (χ0v) is 23.4. The number of amides is 1. The van der Waals surface area contributed by atoms with Crippen molar-refractivity contribution in [3.63, 3.8) is 0 Å². The second kappa shape index (κ2) is 10.4. The second-order valence-corrected chi connectivity index (χ2v) is 10.8. The lowest BCUT2D eigenvalue weighted by Gasteiger charge is -2.23. The van der Waals surface area contributed by atoms with Gasteiger partial charge in [-0.25, -0.2) is 9.78 Å². The number of rotatable bonds is 6. The molecule has 6 rings (SSSR count). The Morgan fingerprint density at radius 3 is 2.59 bits per heavy atom. The van der Waals surface area contributed by atoms with E-state index >= 15 is 0 Å². The SMILES string of the molecule is CCOc1ccc2nc(N3C(=O)C(=O)/C(=C(/O)c4ccc5c(c4)C[C@@H](C)O5)[C@@H]3c3ccc(C(=O)OC)cc3)sc2c1. The van der Waals surface area contributed by atoms with E-state index in [1.54, 1.807) is 54.6 Å². The number of hydrogen-bond donors (Lipinski definition) is 1. The normalized spacial score (nSPS) is 19.3. The van der Waals surface area contributed by atoms with Crippen LogP contribution >= 0.6 is 11.3 Å². The van der Waals surface area contributed by atoms with Gasteiger partial charge in [0.1, 0.15) is 23.4 Å². The maximum absolute atomic E-state index is 13.6. The number of carbonyl (C=O) groups is 3. The maximum atomic E-state index is 13.6. The quantitative estimate of drug-likeness (QED) is 0.141. The van der Waals surface area contributed by atoms with Crippen LogP contribution in [0.4, 0.5) is 5.13 Å². The molecule has 1 aromatic heterocycles. The largest absolute Gasteiger partial charge is 0.507 e. The highest BCUT2D eigenvalue weighted by atomic mass is 32.1. The predicted octanol–water partition coefficient (Wildman–Crippen LogP) is 5.43. The summed E-state index contributed by atoms with van der Waals surface area (Å²) in [5.74, 6) is -1.06. The zero-order chi connectivity index (χ0) is 28.8. The molecule has 41 heavy (non-hydrogen) atoms. The summed E-state index contributed by atoms with van der Waals surface area (Å²) in [6, 6.07) is 16.1. The topological polar surface area (TPSA) is 115 Å². The Hall–Kier alpha value is -4.70. The van der Waals surface area contributed by atoms with E-state index in [0.29, 0.717) is 46.1 Å². The van der Waals surface area contributed by atoms with Gasteiger partial charge in [-0.05, 0) is 73.5 Å². The third-order valence-electron chi connectivity index (χ3n) is 7.13. The van der Waals surface area contributed by atoms with Crippen molar-refractivity contribution >= 4 is 50.1 Å². The fraction of sp³-hybridized carbons (Fsp3) is 0.226. The molecule has 2 atom stereocenters. The van der Waals surface area contributed by atoms with Crippen molar-refractivity contribution in [3.05, 3.63) is 88.5 Å². The smallest absolute Gasteiger partial charge is 0.337 e. The number of fused-ring (bicyclic) bond motifs is 2. The summed E-state index contributed by atoms with van der Waals surface area (Å²) in [5.41, 5.74) is 2.72. The molecule has 1 saturated heterocycles. The van der Waals surface area contributed by atoms with Crippen LogP contribution < -0.4 is 14.4 Å². The van der Waals surface area contributed by atoms with Crippen LogP contribution in [0, 0.1) is 0 Å². The van der Waals surface area contributed by atoms with Crippen molar-refractivity contribution in [3.8, 4) is 11.5 Å². The van der Waals surface area contributed by atoms with E-state index < -0.39 is 23.7 Å². The van der Waals surface area contributed by atoms with Gasteiger partial charge in [0.15, 0.2) is 5.13 Å². The lowest BCUT2D eigenvalue weighted by molar-refractivity contribution is -0.132. The number of carbonyl (C=O) groups excluding carboxylic acids is 3. The van der Waals surface area contributed by atoms with Gasteiger partial charge in [-0.1, -0.05) is 23.5 Å². The highest BCUT2D eigenvalue weighted by Crippen LogP contribution is 2.45. The molecular weight excluding hydrogens is 544 g/mol. The molecule has 1 fully saturated rings. The molecule has 0 saturated carbocycles. The van der Waals surface area contributed by atoms with Crippen molar-refractivity contribution in [2.24, 2.45) is 0 Å². The molecule has 0 bridgehead atoms. The highest BCUT2D eigenvalue weighted by Gasteiger charge is 2.48. The number of benzene rings is 3. The van der Waals surface area contributed by atoms with E-state index in [1.165, 1.54) is 23.3 Å². The van der Waals surface area contributed by atoms with Crippen molar-refractivity contribution in [1.29, 1.82) is 0 Å². The number of methoxy groups -OCH3 is 1. The summed E-state index contributed by atoms with van der Waals surface area (Å²) >= 11 is 1.24. The first-order chi connectivity index (χ1) is 19.8. The number of hydrogen-bond acceptors (Lipinski definition) is 9. The molecule has 3 heterocycles. The number of aliphatic hydroxyl groups is 1. The molecule has 4 aromatic rings. The number of ketones is 1. The number of Topliss-reactive ketones (excluding diaryl/α,β-unsaturated/α-hetero) is 1. The molecule has 1 N–H and O–H groups in total. The summed E-state index contributed by atoms with van der Waals surface area (Å²) in [4.78, 5) is 45.2. The summed E-state index contributed by atoms with van der Waals surface area (Å²) in [6.45, 7) is 4.35. The maximum Gasteiger partial charge on any atom is 0.337 e. The number of aliphatic hydroxyl groups excluding tert-OH is 1. The van der Waals surface area contributed by atoms with Gasteiger partial charge in [0.2, 0.25) is 0 Å². The zero-order valence-electron chi connectivity index (χ0n) is 22.5. The van der Waals surface area contributed by atoms with Crippen LogP contribution in [0.3, 0.4) is 0 Å². The fourth-order valence-corrected chi connectivity index (χ4v) is 6.26. The molecule has 3 aromatic carbocycles. The Bertz CT molecular complexity index is 1740. The molecular formula is C31H26N2O7S. The molecule has 0 unspecified atom stereocenters. The molecule has 2 aliphatic rings. The van der Waals surface area contributed by atoms with Gasteiger partial charge in [-0.2, -0.15) is 0 Å². The number of aromatic nitrogens is 1. The Balaban J connectivity index is 1.50.